The predicted octanol–water partition coefficient (Wildman–Crippen LogP) is 1.90. The number of anilines is 1. The Hall–Kier alpha value is -1.69. The quantitative estimate of drug-likeness (QED) is 0.667. The van der Waals surface area contributed by atoms with Crippen LogP contribution in [-0.2, 0) is 0 Å². The van der Waals surface area contributed by atoms with E-state index in [1.807, 2.05) is 11.8 Å². The van der Waals surface area contributed by atoms with Crippen LogP contribution in [0.2, 0.25) is 0 Å². The van der Waals surface area contributed by atoms with Gasteiger partial charge in [0.25, 0.3) is 0 Å². The summed E-state index contributed by atoms with van der Waals surface area (Å²) in [6.07, 6.45) is 1.36. The number of nitrogens with zero attached hydrogens (tertiary/aromatic N) is 3. The highest BCUT2D eigenvalue weighted by Gasteiger charge is 2.27. The van der Waals surface area contributed by atoms with Crippen molar-refractivity contribution in [2.75, 3.05) is 18.0 Å². The minimum absolute atomic E-state index is 0.0566. The zero-order chi connectivity index (χ0) is 14.0. The number of rotatable bonds is 3. The molecule has 0 aromatic carbocycles. The van der Waals surface area contributed by atoms with E-state index in [1.165, 1.54) is 6.07 Å². The molecule has 1 atom stereocenters. The van der Waals surface area contributed by atoms with E-state index in [0.29, 0.717) is 18.9 Å². The Bertz CT molecular complexity index is 468. The van der Waals surface area contributed by atoms with Crippen LogP contribution in [0.1, 0.15) is 25.5 Å². The molecule has 0 saturated carbocycles. The molecule has 6 nitrogen and oxygen atoms in total. The molecule has 6 heteroatoms. The highest BCUT2D eigenvalue weighted by Crippen LogP contribution is 2.30. The summed E-state index contributed by atoms with van der Waals surface area (Å²) < 4.78 is 0. The normalized spacial score (nSPS) is 18.4. The Kier molecular flexibility index (Phi) is 3.99. The predicted molar refractivity (Wildman–Crippen MR) is 72.2 cm³/mol. The average Bonchev–Trinajstić information content (AvgIpc) is 2.38. The first kappa shape index (κ1) is 13.7. The van der Waals surface area contributed by atoms with E-state index >= 15 is 0 Å². The van der Waals surface area contributed by atoms with Crippen LogP contribution in [0.4, 0.5) is 11.5 Å². The first-order chi connectivity index (χ1) is 8.99. The van der Waals surface area contributed by atoms with Crippen molar-refractivity contribution in [1.82, 2.24) is 4.98 Å². The molecule has 0 aliphatic carbocycles. The molecule has 1 N–H and O–H groups in total. The Morgan fingerprint density at radius 2 is 2.11 bits per heavy atom. The Morgan fingerprint density at radius 1 is 1.47 bits per heavy atom. The lowest BCUT2D eigenvalue weighted by molar-refractivity contribution is -0.384. The van der Waals surface area contributed by atoms with Gasteiger partial charge in [0.05, 0.1) is 11.0 Å². The van der Waals surface area contributed by atoms with E-state index in [0.717, 1.165) is 18.5 Å². The van der Waals surface area contributed by atoms with Crippen molar-refractivity contribution in [2.24, 2.45) is 5.92 Å². The molecular weight excluding hydrogens is 246 g/mol. The summed E-state index contributed by atoms with van der Waals surface area (Å²) in [7, 11) is 0. The minimum atomic E-state index is -0.386. The summed E-state index contributed by atoms with van der Waals surface area (Å²) in [5, 5.41) is 20.6. The lowest BCUT2D eigenvalue weighted by Gasteiger charge is -2.33. The van der Waals surface area contributed by atoms with Gasteiger partial charge >= 0.3 is 5.69 Å². The van der Waals surface area contributed by atoms with Gasteiger partial charge in [0, 0.05) is 24.8 Å². The van der Waals surface area contributed by atoms with Gasteiger partial charge < -0.3 is 10.0 Å². The Morgan fingerprint density at radius 3 is 2.63 bits per heavy atom. The molecule has 1 aromatic rings. The van der Waals surface area contributed by atoms with Gasteiger partial charge in [-0.05, 0) is 38.7 Å². The number of piperidine rings is 1. The molecule has 2 rings (SSSR count). The lowest BCUT2D eigenvalue weighted by Crippen LogP contribution is -2.37. The first-order valence-corrected chi connectivity index (χ1v) is 6.54. The number of hydrogen-bond donors (Lipinski definition) is 1. The minimum Gasteiger partial charge on any atom is -0.393 e. The smallest absolute Gasteiger partial charge is 0.311 e. The van der Waals surface area contributed by atoms with Crippen LogP contribution in [0.5, 0.6) is 0 Å². The van der Waals surface area contributed by atoms with E-state index in [2.05, 4.69) is 4.98 Å². The largest absolute Gasteiger partial charge is 0.393 e. The Balaban J connectivity index is 2.19. The number of aromatic nitrogens is 1. The summed E-state index contributed by atoms with van der Waals surface area (Å²) in [6, 6.07) is 3.17. The standard InChI is InChI=1S/C13H19N3O3/c1-9-3-4-12(16(18)19)13(14-9)15-7-5-11(6-8-15)10(2)17/h3-4,10-11,17H,5-8H2,1-2H3. The van der Waals surface area contributed by atoms with E-state index in [4.69, 9.17) is 0 Å². The van der Waals surface area contributed by atoms with Crippen molar-refractivity contribution in [3.8, 4) is 0 Å². The van der Waals surface area contributed by atoms with Gasteiger partial charge in [-0.15, -0.1) is 0 Å². The van der Waals surface area contributed by atoms with Crippen LogP contribution < -0.4 is 4.90 Å². The molecule has 0 bridgehead atoms. The fourth-order valence-electron chi connectivity index (χ4n) is 2.50. The molecule has 0 radical (unpaired) electrons. The topological polar surface area (TPSA) is 79.5 Å². The molecule has 1 aliphatic heterocycles. The second kappa shape index (κ2) is 5.52. The summed E-state index contributed by atoms with van der Waals surface area (Å²) >= 11 is 0. The summed E-state index contributed by atoms with van der Waals surface area (Å²) in [4.78, 5) is 16.9. The van der Waals surface area contributed by atoms with Gasteiger partial charge in [0.2, 0.25) is 5.82 Å². The fraction of sp³-hybridized carbons (Fsp3) is 0.615. The number of aliphatic hydroxyl groups is 1. The first-order valence-electron chi connectivity index (χ1n) is 6.54. The molecule has 1 saturated heterocycles. The Labute approximate surface area is 112 Å². The van der Waals surface area contributed by atoms with Crippen molar-refractivity contribution < 1.29 is 10.0 Å². The summed E-state index contributed by atoms with van der Waals surface area (Å²) in [5.74, 6) is 0.731. The van der Waals surface area contributed by atoms with Crippen LogP contribution in [-0.4, -0.2) is 34.2 Å². The zero-order valence-corrected chi connectivity index (χ0v) is 11.2. The van der Waals surface area contributed by atoms with Gasteiger partial charge in [-0.3, -0.25) is 10.1 Å². The molecule has 104 valence electrons. The zero-order valence-electron chi connectivity index (χ0n) is 11.2. The van der Waals surface area contributed by atoms with Gasteiger partial charge in [-0.2, -0.15) is 0 Å². The van der Waals surface area contributed by atoms with Crippen LogP contribution in [0.25, 0.3) is 0 Å². The number of nitro groups is 1. The second-order valence-corrected chi connectivity index (χ2v) is 5.12. The number of hydrogen-bond acceptors (Lipinski definition) is 5. The fourth-order valence-corrected chi connectivity index (χ4v) is 2.50. The van der Waals surface area contributed by atoms with Crippen LogP contribution in [0.3, 0.4) is 0 Å². The van der Waals surface area contributed by atoms with Crippen LogP contribution >= 0.6 is 0 Å². The number of pyridine rings is 1. The third kappa shape index (κ3) is 3.01. The van der Waals surface area contributed by atoms with Crippen molar-refractivity contribution in [2.45, 2.75) is 32.8 Å². The van der Waals surface area contributed by atoms with E-state index in [1.54, 1.807) is 13.0 Å². The highest BCUT2D eigenvalue weighted by atomic mass is 16.6. The van der Waals surface area contributed by atoms with Gasteiger partial charge in [0.15, 0.2) is 0 Å². The SMILES string of the molecule is Cc1ccc([N+](=O)[O-])c(N2CCC(C(C)O)CC2)n1. The van der Waals surface area contributed by atoms with Gasteiger partial charge in [-0.25, -0.2) is 4.98 Å². The molecule has 2 heterocycles. The van der Waals surface area contributed by atoms with Gasteiger partial charge in [0.1, 0.15) is 0 Å². The van der Waals surface area contributed by atoms with E-state index in [9.17, 15) is 15.2 Å². The maximum atomic E-state index is 11.0. The van der Waals surface area contributed by atoms with E-state index in [-0.39, 0.29) is 22.6 Å². The molecule has 0 spiro atoms. The van der Waals surface area contributed by atoms with Gasteiger partial charge in [-0.1, -0.05) is 0 Å². The number of aryl methyl sites for hydroxylation is 1. The van der Waals surface area contributed by atoms with Crippen LogP contribution in [0.15, 0.2) is 12.1 Å². The van der Waals surface area contributed by atoms with Crippen LogP contribution in [0, 0.1) is 23.0 Å². The summed E-state index contributed by atoms with van der Waals surface area (Å²) in [6.45, 7) is 5.03. The van der Waals surface area contributed by atoms with Crippen molar-refractivity contribution >= 4 is 11.5 Å². The maximum Gasteiger partial charge on any atom is 0.311 e. The second-order valence-electron chi connectivity index (χ2n) is 5.12. The number of aliphatic hydroxyl groups excluding tert-OH is 1. The molecule has 1 aromatic heterocycles. The molecule has 1 aliphatic rings. The lowest BCUT2D eigenvalue weighted by atomic mass is 9.92. The molecule has 0 amide bonds. The molecule has 1 unspecified atom stereocenters. The average molecular weight is 265 g/mol. The van der Waals surface area contributed by atoms with E-state index < -0.39 is 0 Å². The van der Waals surface area contributed by atoms with Crippen molar-refractivity contribution in [3.05, 3.63) is 27.9 Å². The third-order valence-electron chi connectivity index (χ3n) is 3.71. The van der Waals surface area contributed by atoms with Crippen molar-refractivity contribution in [3.63, 3.8) is 0 Å². The highest BCUT2D eigenvalue weighted by molar-refractivity contribution is 5.58. The molecule has 1 fully saturated rings. The molecular formula is C13H19N3O3. The van der Waals surface area contributed by atoms with Crippen molar-refractivity contribution in [1.29, 1.82) is 0 Å². The maximum absolute atomic E-state index is 11.0. The summed E-state index contributed by atoms with van der Waals surface area (Å²) in [5.41, 5.74) is 0.833. The third-order valence-corrected chi connectivity index (χ3v) is 3.71. The monoisotopic (exact) mass is 265 g/mol. The molecule has 19 heavy (non-hydrogen) atoms.